The summed E-state index contributed by atoms with van der Waals surface area (Å²) in [4.78, 5) is 12.2. The fourth-order valence-electron chi connectivity index (χ4n) is 3.17. The molecule has 3 rings (SSSR count). The van der Waals surface area contributed by atoms with Gasteiger partial charge < -0.3 is 14.8 Å². The first-order valence-corrected chi connectivity index (χ1v) is 9.12. The van der Waals surface area contributed by atoms with Gasteiger partial charge in [0.2, 0.25) is 5.91 Å². The fourth-order valence-corrected chi connectivity index (χ4v) is 3.17. The van der Waals surface area contributed by atoms with Crippen LogP contribution in [-0.4, -0.2) is 35.0 Å². The van der Waals surface area contributed by atoms with Crippen LogP contribution >= 0.6 is 0 Å². The number of amides is 1. The Labute approximate surface area is 154 Å². The van der Waals surface area contributed by atoms with Gasteiger partial charge >= 0.3 is 0 Å². The molecule has 6 heteroatoms. The molecule has 1 aromatic carbocycles. The van der Waals surface area contributed by atoms with E-state index in [1.807, 2.05) is 49.8 Å². The number of aryl methyl sites for hydroxylation is 2. The Bertz CT molecular complexity index is 746. The summed E-state index contributed by atoms with van der Waals surface area (Å²) in [5, 5.41) is 7.32. The largest absolute Gasteiger partial charge is 0.491 e. The third-order valence-corrected chi connectivity index (χ3v) is 4.87. The Hall–Kier alpha value is -2.34. The van der Waals surface area contributed by atoms with Gasteiger partial charge in [0.25, 0.3) is 0 Å². The predicted octanol–water partition coefficient (Wildman–Crippen LogP) is 2.45. The van der Waals surface area contributed by atoms with Crippen LogP contribution in [0.1, 0.15) is 35.4 Å². The van der Waals surface area contributed by atoms with E-state index < -0.39 is 0 Å². The van der Waals surface area contributed by atoms with Gasteiger partial charge in [-0.2, -0.15) is 5.10 Å². The first kappa shape index (κ1) is 18.5. The molecule has 2 heterocycles. The van der Waals surface area contributed by atoms with Crippen molar-refractivity contribution in [2.45, 2.75) is 45.8 Å². The number of rotatable bonds is 7. The van der Waals surface area contributed by atoms with Gasteiger partial charge in [-0.05, 0) is 44.4 Å². The molecular formula is C20H27N3O3. The summed E-state index contributed by atoms with van der Waals surface area (Å²) >= 11 is 0. The summed E-state index contributed by atoms with van der Waals surface area (Å²) in [5.74, 6) is 0.833. The number of nitrogens with one attached hydrogen (secondary N) is 1. The molecule has 1 amide bonds. The highest BCUT2D eigenvalue weighted by Crippen LogP contribution is 2.17. The third-order valence-electron chi connectivity index (χ3n) is 4.87. The van der Waals surface area contributed by atoms with Crippen molar-refractivity contribution in [2.24, 2.45) is 7.05 Å². The molecule has 1 saturated heterocycles. The lowest BCUT2D eigenvalue weighted by Crippen LogP contribution is -2.25. The SMILES string of the molecule is Cc1nn(C)c(C)c1CC(=O)NCc1ccc(OCC2CCCO2)cc1. The molecule has 0 aliphatic carbocycles. The van der Waals surface area contributed by atoms with E-state index in [0.29, 0.717) is 19.6 Å². The van der Waals surface area contributed by atoms with Gasteiger partial charge in [0, 0.05) is 31.5 Å². The molecule has 0 spiro atoms. The van der Waals surface area contributed by atoms with Crippen molar-refractivity contribution in [3.63, 3.8) is 0 Å². The molecule has 0 saturated carbocycles. The summed E-state index contributed by atoms with van der Waals surface area (Å²) < 4.78 is 13.1. The summed E-state index contributed by atoms with van der Waals surface area (Å²) in [6, 6.07) is 7.83. The van der Waals surface area contributed by atoms with E-state index in [9.17, 15) is 4.79 Å². The summed E-state index contributed by atoms with van der Waals surface area (Å²) in [6.45, 7) is 5.86. The lowest BCUT2D eigenvalue weighted by Gasteiger charge is -2.12. The molecule has 140 valence electrons. The van der Waals surface area contributed by atoms with Crippen molar-refractivity contribution in [3.05, 3.63) is 46.8 Å². The second-order valence-electron chi connectivity index (χ2n) is 6.82. The zero-order chi connectivity index (χ0) is 18.5. The van der Waals surface area contributed by atoms with Gasteiger partial charge in [0.05, 0.1) is 18.2 Å². The van der Waals surface area contributed by atoms with Crippen molar-refractivity contribution in [1.29, 1.82) is 0 Å². The minimum absolute atomic E-state index is 0.00269. The predicted molar refractivity (Wildman–Crippen MR) is 99.1 cm³/mol. The maximum absolute atomic E-state index is 12.2. The van der Waals surface area contributed by atoms with Crippen LogP contribution in [0.5, 0.6) is 5.75 Å². The molecule has 1 fully saturated rings. The summed E-state index contributed by atoms with van der Waals surface area (Å²) in [5.41, 5.74) is 3.99. The maximum Gasteiger partial charge on any atom is 0.224 e. The number of carbonyl (C=O) groups is 1. The summed E-state index contributed by atoms with van der Waals surface area (Å²) in [7, 11) is 1.90. The zero-order valence-corrected chi connectivity index (χ0v) is 15.7. The lowest BCUT2D eigenvalue weighted by atomic mass is 10.1. The minimum Gasteiger partial charge on any atom is -0.491 e. The molecule has 1 aliphatic heterocycles. The Morgan fingerprint density at radius 1 is 1.35 bits per heavy atom. The molecular weight excluding hydrogens is 330 g/mol. The van der Waals surface area contributed by atoms with Crippen LogP contribution in [0.3, 0.4) is 0 Å². The van der Waals surface area contributed by atoms with Gasteiger partial charge in [-0.25, -0.2) is 0 Å². The third kappa shape index (κ3) is 4.64. The monoisotopic (exact) mass is 357 g/mol. The molecule has 0 radical (unpaired) electrons. The molecule has 26 heavy (non-hydrogen) atoms. The van der Waals surface area contributed by atoms with Crippen molar-refractivity contribution >= 4 is 5.91 Å². The Morgan fingerprint density at radius 2 is 2.12 bits per heavy atom. The first-order valence-electron chi connectivity index (χ1n) is 9.12. The molecule has 1 aliphatic rings. The van der Waals surface area contributed by atoms with E-state index in [1.165, 1.54) is 0 Å². The Balaban J connectivity index is 1.45. The van der Waals surface area contributed by atoms with Gasteiger partial charge in [-0.1, -0.05) is 12.1 Å². The van der Waals surface area contributed by atoms with Crippen LogP contribution in [0.2, 0.25) is 0 Å². The standard InChI is InChI=1S/C20H27N3O3/c1-14-19(15(2)23(3)22-14)11-20(24)21-12-16-6-8-17(9-7-16)26-13-18-5-4-10-25-18/h6-9,18H,4-5,10-13H2,1-3H3,(H,21,24). The number of nitrogens with zero attached hydrogens (tertiary/aromatic N) is 2. The van der Waals surface area contributed by atoms with Crippen molar-refractivity contribution in [2.75, 3.05) is 13.2 Å². The van der Waals surface area contributed by atoms with E-state index in [-0.39, 0.29) is 12.0 Å². The number of ether oxygens (including phenoxy) is 2. The van der Waals surface area contributed by atoms with E-state index in [1.54, 1.807) is 0 Å². The highest BCUT2D eigenvalue weighted by Gasteiger charge is 2.16. The second-order valence-corrected chi connectivity index (χ2v) is 6.82. The van der Waals surface area contributed by atoms with Crippen LogP contribution in [0.4, 0.5) is 0 Å². The van der Waals surface area contributed by atoms with Crippen molar-refractivity contribution in [1.82, 2.24) is 15.1 Å². The van der Waals surface area contributed by atoms with Crippen LogP contribution < -0.4 is 10.1 Å². The van der Waals surface area contributed by atoms with E-state index in [2.05, 4.69) is 10.4 Å². The van der Waals surface area contributed by atoms with E-state index in [0.717, 1.165) is 47.7 Å². The number of aromatic nitrogens is 2. The second kappa shape index (κ2) is 8.36. The molecule has 1 N–H and O–H groups in total. The van der Waals surface area contributed by atoms with Crippen molar-refractivity contribution < 1.29 is 14.3 Å². The topological polar surface area (TPSA) is 65.4 Å². The van der Waals surface area contributed by atoms with E-state index in [4.69, 9.17) is 9.47 Å². The molecule has 6 nitrogen and oxygen atoms in total. The van der Waals surface area contributed by atoms with E-state index >= 15 is 0 Å². The number of carbonyl (C=O) groups excluding carboxylic acids is 1. The average molecular weight is 357 g/mol. The molecule has 2 aromatic rings. The molecule has 1 aromatic heterocycles. The van der Waals surface area contributed by atoms with Crippen LogP contribution in [-0.2, 0) is 29.5 Å². The van der Waals surface area contributed by atoms with Gasteiger partial charge in [0.1, 0.15) is 12.4 Å². The van der Waals surface area contributed by atoms with Gasteiger partial charge in [0.15, 0.2) is 0 Å². The number of hydrogen-bond donors (Lipinski definition) is 1. The Kier molecular flexibility index (Phi) is 5.93. The highest BCUT2D eigenvalue weighted by molar-refractivity contribution is 5.79. The molecule has 1 unspecified atom stereocenters. The fraction of sp³-hybridized carbons (Fsp3) is 0.500. The maximum atomic E-state index is 12.2. The Morgan fingerprint density at radius 3 is 2.73 bits per heavy atom. The van der Waals surface area contributed by atoms with Crippen LogP contribution in [0.25, 0.3) is 0 Å². The minimum atomic E-state index is 0.00269. The quantitative estimate of drug-likeness (QED) is 0.827. The van der Waals surface area contributed by atoms with Gasteiger partial charge in [-0.3, -0.25) is 9.48 Å². The average Bonchev–Trinajstić information content (AvgIpc) is 3.23. The highest BCUT2D eigenvalue weighted by atomic mass is 16.5. The normalized spacial score (nSPS) is 16.7. The zero-order valence-electron chi connectivity index (χ0n) is 15.7. The first-order chi connectivity index (χ1) is 12.5. The molecule has 0 bridgehead atoms. The number of benzene rings is 1. The summed E-state index contributed by atoms with van der Waals surface area (Å²) in [6.07, 6.45) is 2.76. The lowest BCUT2D eigenvalue weighted by molar-refractivity contribution is -0.120. The smallest absolute Gasteiger partial charge is 0.224 e. The van der Waals surface area contributed by atoms with Gasteiger partial charge in [-0.15, -0.1) is 0 Å². The van der Waals surface area contributed by atoms with Crippen LogP contribution in [0, 0.1) is 13.8 Å². The van der Waals surface area contributed by atoms with Crippen LogP contribution in [0.15, 0.2) is 24.3 Å². The van der Waals surface area contributed by atoms with Crippen molar-refractivity contribution in [3.8, 4) is 5.75 Å². The molecule has 1 atom stereocenters. The number of hydrogen-bond acceptors (Lipinski definition) is 4.